The van der Waals surface area contributed by atoms with E-state index in [-0.39, 0.29) is 6.04 Å². The summed E-state index contributed by atoms with van der Waals surface area (Å²) in [6.45, 7) is 10.4. The fourth-order valence-corrected chi connectivity index (χ4v) is 3.06. The number of benzene rings is 1. The molecule has 1 atom stereocenters. The predicted molar refractivity (Wildman–Crippen MR) is 78.1 cm³/mol. The predicted octanol–water partition coefficient (Wildman–Crippen LogP) is 2.74. The zero-order chi connectivity index (χ0) is 13.3. The highest BCUT2D eigenvalue weighted by Gasteiger charge is 2.23. The number of halogens is 1. The van der Waals surface area contributed by atoms with E-state index in [0.29, 0.717) is 5.75 Å². The van der Waals surface area contributed by atoms with Gasteiger partial charge in [0.05, 0.1) is 0 Å². The lowest BCUT2D eigenvalue weighted by atomic mass is 9.97. The Morgan fingerprint density at radius 1 is 1.33 bits per heavy atom. The van der Waals surface area contributed by atoms with Gasteiger partial charge in [-0.1, -0.05) is 15.9 Å². The van der Waals surface area contributed by atoms with Gasteiger partial charge in [-0.15, -0.1) is 0 Å². The van der Waals surface area contributed by atoms with Gasteiger partial charge in [-0.2, -0.15) is 0 Å². The smallest absolute Gasteiger partial charge is 0.120 e. The van der Waals surface area contributed by atoms with Crippen molar-refractivity contribution in [1.29, 1.82) is 0 Å². The zero-order valence-corrected chi connectivity index (χ0v) is 12.8. The van der Waals surface area contributed by atoms with Crippen molar-refractivity contribution in [1.82, 2.24) is 10.2 Å². The summed E-state index contributed by atoms with van der Waals surface area (Å²) in [5.74, 6) is 0.416. The minimum absolute atomic E-state index is 0.254. The topological polar surface area (TPSA) is 35.5 Å². The lowest BCUT2D eigenvalue weighted by Gasteiger charge is -2.34. The lowest BCUT2D eigenvalue weighted by Crippen LogP contribution is -2.44. The first kappa shape index (κ1) is 13.8. The van der Waals surface area contributed by atoms with Gasteiger partial charge in [-0.05, 0) is 38.0 Å². The van der Waals surface area contributed by atoms with Crippen molar-refractivity contribution in [2.24, 2.45) is 0 Å². The van der Waals surface area contributed by atoms with E-state index in [0.717, 1.165) is 47.3 Å². The largest absolute Gasteiger partial charge is 0.508 e. The maximum atomic E-state index is 10.2. The van der Waals surface area contributed by atoms with Crippen molar-refractivity contribution in [2.45, 2.75) is 26.8 Å². The second-order valence-electron chi connectivity index (χ2n) is 5.03. The summed E-state index contributed by atoms with van der Waals surface area (Å²) in [4.78, 5) is 2.42. The Morgan fingerprint density at radius 2 is 1.94 bits per heavy atom. The summed E-state index contributed by atoms with van der Waals surface area (Å²) in [5.41, 5.74) is 3.29. The van der Waals surface area contributed by atoms with E-state index in [4.69, 9.17) is 0 Å². The summed E-state index contributed by atoms with van der Waals surface area (Å²) in [6, 6.07) is 2.11. The van der Waals surface area contributed by atoms with Crippen LogP contribution in [0.25, 0.3) is 0 Å². The van der Waals surface area contributed by atoms with Gasteiger partial charge in [-0.3, -0.25) is 4.90 Å². The molecule has 2 N–H and O–H groups in total. The van der Waals surface area contributed by atoms with Crippen LogP contribution in [0.2, 0.25) is 0 Å². The molecule has 1 aromatic rings. The highest BCUT2D eigenvalue weighted by Crippen LogP contribution is 2.37. The third-order valence-electron chi connectivity index (χ3n) is 3.83. The SMILES string of the molecule is Cc1cc(O)c([C@H](C)N2CCNCC2)c(C)c1Br. The fraction of sp³-hybridized carbons (Fsp3) is 0.571. The molecule has 0 spiro atoms. The number of piperazine rings is 1. The molecule has 3 nitrogen and oxygen atoms in total. The molecule has 0 radical (unpaired) electrons. The Kier molecular flexibility index (Phi) is 4.30. The van der Waals surface area contributed by atoms with Crippen LogP contribution in [-0.4, -0.2) is 36.2 Å². The maximum absolute atomic E-state index is 10.2. The van der Waals surface area contributed by atoms with E-state index < -0.39 is 0 Å². The third-order valence-corrected chi connectivity index (χ3v) is 5.05. The van der Waals surface area contributed by atoms with Crippen LogP contribution in [0.3, 0.4) is 0 Å². The van der Waals surface area contributed by atoms with Crippen LogP contribution in [0.4, 0.5) is 0 Å². The summed E-state index contributed by atoms with van der Waals surface area (Å²) in [6.07, 6.45) is 0. The number of aryl methyl sites for hydroxylation is 1. The number of nitrogens with one attached hydrogen (secondary N) is 1. The van der Waals surface area contributed by atoms with E-state index in [9.17, 15) is 5.11 Å². The molecular weight excluding hydrogens is 292 g/mol. The molecule has 0 saturated carbocycles. The van der Waals surface area contributed by atoms with Crippen LogP contribution in [0, 0.1) is 13.8 Å². The van der Waals surface area contributed by atoms with Gasteiger partial charge in [0.1, 0.15) is 5.75 Å². The first-order valence-corrected chi connectivity index (χ1v) is 7.25. The minimum atomic E-state index is 0.254. The highest BCUT2D eigenvalue weighted by molar-refractivity contribution is 9.10. The number of hydrogen-bond acceptors (Lipinski definition) is 3. The van der Waals surface area contributed by atoms with Crippen molar-refractivity contribution in [3.8, 4) is 5.75 Å². The van der Waals surface area contributed by atoms with Crippen molar-refractivity contribution in [3.05, 3.63) is 27.2 Å². The maximum Gasteiger partial charge on any atom is 0.120 e. The second kappa shape index (κ2) is 5.59. The number of nitrogens with zero attached hydrogens (tertiary/aromatic N) is 1. The van der Waals surface area contributed by atoms with Gasteiger partial charge in [0.15, 0.2) is 0 Å². The molecular formula is C14H21BrN2O. The number of hydrogen-bond donors (Lipinski definition) is 2. The standard InChI is InChI=1S/C14H21BrN2O/c1-9-8-12(18)13(10(2)14(9)15)11(3)17-6-4-16-5-7-17/h8,11,16,18H,4-7H2,1-3H3/t11-/m0/s1. The Balaban J connectivity index is 2.34. The molecule has 2 rings (SSSR count). The molecule has 1 aliphatic rings. The molecule has 18 heavy (non-hydrogen) atoms. The number of aromatic hydroxyl groups is 1. The molecule has 0 aliphatic carbocycles. The van der Waals surface area contributed by atoms with Crippen LogP contribution in [-0.2, 0) is 0 Å². The van der Waals surface area contributed by atoms with Crippen molar-refractivity contribution in [3.63, 3.8) is 0 Å². The van der Waals surface area contributed by atoms with Gasteiger partial charge < -0.3 is 10.4 Å². The number of phenols is 1. The normalized spacial score (nSPS) is 18.9. The first-order chi connectivity index (χ1) is 8.52. The van der Waals surface area contributed by atoms with E-state index in [1.54, 1.807) is 0 Å². The van der Waals surface area contributed by atoms with Crippen LogP contribution in [0.5, 0.6) is 5.75 Å². The molecule has 1 saturated heterocycles. The van der Waals surface area contributed by atoms with Crippen molar-refractivity contribution in [2.75, 3.05) is 26.2 Å². The molecule has 1 aromatic carbocycles. The summed E-state index contributed by atoms with van der Waals surface area (Å²) >= 11 is 3.61. The van der Waals surface area contributed by atoms with Gasteiger partial charge in [-0.25, -0.2) is 0 Å². The van der Waals surface area contributed by atoms with Crippen LogP contribution < -0.4 is 5.32 Å². The lowest BCUT2D eigenvalue weighted by molar-refractivity contribution is 0.182. The van der Waals surface area contributed by atoms with Gasteiger partial charge in [0, 0.05) is 42.3 Å². The molecule has 0 unspecified atom stereocenters. The van der Waals surface area contributed by atoms with Gasteiger partial charge >= 0.3 is 0 Å². The van der Waals surface area contributed by atoms with Crippen LogP contribution in [0.15, 0.2) is 10.5 Å². The Hall–Kier alpha value is -0.580. The molecule has 4 heteroatoms. The first-order valence-electron chi connectivity index (χ1n) is 6.45. The van der Waals surface area contributed by atoms with Crippen LogP contribution >= 0.6 is 15.9 Å². The van der Waals surface area contributed by atoms with Gasteiger partial charge in [0.2, 0.25) is 0 Å². The van der Waals surface area contributed by atoms with E-state index in [1.807, 2.05) is 13.0 Å². The second-order valence-corrected chi connectivity index (χ2v) is 5.82. The van der Waals surface area contributed by atoms with E-state index in [1.165, 1.54) is 0 Å². The Bertz CT molecular complexity index is 442. The average Bonchev–Trinajstić information content (AvgIpc) is 2.37. The quantitative estimate of drug-likeness (QED) is 0.881. The third kappa shape index (κ3) is 2.56. The monoisotopic (exact) mass is 312 g/mol. The molecule has 1 heterocycles. The summed E-state index contributed by atoms with van der Waals surface area (Å²) in [7, 11) is 0. The van der Waals surface area contributed by atoms with E-state index in [2.05, 4.69) is 40.0 Å². The number of rotatable bonds is 2. The zero-order valence-electron chi connectivity index (χ0n) is 11.3. The molecule has 1 fully saturated rings. The highest BCUT2D eigenvalue weighted by atomic mass is 79.9. The Morgan fingerprint density at radius 3 is 2.56 bits per heavy atom. The Labute approximate surface area is 117 Å². The summed E-state index contributed by atoms with van der Waals surface area (Å²) < 4.78 is 1.11. The van der Waals surface area contributed by atoms with E-state index >= 15 is 0 Å². The fourth-order valence-electron chi connectivity index (χ4n) is 2.73. The molecule has 0 amide bonds. The molecule has 1 aliphatic heterocycles. The summed E-state index contributed by atoms with van der Waals surface area (Å²) in [5, 5.41) is 13.6. The van der Waals surface area contributed by atoms with Crippen molar-refractivity contribution >= 4 is 15.9 Å². The number of phenolic OH excluding ortho intramolecular Hbond substituents is 1. The molecule has 100 valence electrons. The average molecular weight is 313 g/mol. The van der Waals surface area contributed by atoms with Gasteiger partial charge in [0.25, 0.3) is 0 Å². The molecule has 0 bridgehead atoms. The minimum Gasteiger partial charge on any atom is -0.508 e. The van der Waals surface area contributed by atoms with Crippen LogP contribution in [0.1, 0.15) is 29.7 Å². The van der Waals surface area contributed by atoms with Crippen molar-refractivity contribution < 1.29 is 5.11 Å². The molecule has 0 aromatic heterocycles.